The maximum Gasteiger partial charge on any atom is 0.407 e. The lowest BCUT2D eigenvalue weighted by Gasteiger charge is -2.48. The fourth-order valence-corrected chi connectivity index (χ4v) is 4.74. The quantitative estimate of drug-likeness (QED) is 0.810. The number of carbonyl (C=O) groups excluding carboxylic acids is 1. The highest BCUT2D eigenvalue weighted by atomic mass is 32.2. The predicted octanol–water partition coefficient (Wildman–Crippen LogP) is 2.01. The van der Waals surface area contributed by atoms with Gasteiger partial charge in [-0.15, -0.1) is 11.8 Å². The monoisotopic (exact) mass is 355 g/mol. The molecule has 1 unspecified atom stereocenters. The number of aliphatic hydroxyl groups is 1. The van der Waals surface area contributed by atoms with Crippen molar-refractivity contribution >= 4 is 23.4 Å². The van der Waals surface area contributed by atoms with Crippen LogP contribution in [-0.4, -0.2) is 69.8 Å². The van der Waals surface area contributed by atoms with Crippen LogP contribution in [0.2, 0.25) is 0 Å². The molecule has 0 aromatic rings. The number of nitrogens with zero attached hydrogens (tertiary/aromatic N) is 2. The molecular weight excluding hydrogens is 326 g/mol. The average Bonchev–Trinajstić information content (AvgIpc) is 2.97. The van der Waals surface area contributed by atoms with Crippen molar-refractivity contribution in [1.29, 1.82) is 0 Å². The first-order valence-electron chi connectivity index (χ1n) is 8.85. The van der Waals surface area contributed by atoms with Gasteiger partial charge in [0.2, 0.25) is 0 Å². The molecule has 3 aliphatic rings. The van der Waals surface area contributed by atoms with Crippen LogP contribution in [0.5, 0.6) is 0 Å². The van der Waals surface area contributed by atoms with Crippen LogP contribution in [0.15, 0.2) is 4.99 Å². The summed E-state index contributed by atoms with van der Waals surface area (Å²) in [5, 5.41) is 14.0. The summed E-state index contributed by atoms with van der Waals surface area (Å²) in [5.74, 6) is 0. The lowest BCUT2D eigenvalue weighted by atomic mass is 9.78. The molecule has 0 bridgehead atoms. The third kappa shape index (κ3) is 4.24. The van der Waals surface area contributed by atoms with Crippen LogP contribution in [0.25, 0.3) is 0 Å². The smallest absolute Gasteiger partial charge is 0.407 e. The second-order valence-corrected chi connectivity index (χ2v) is 9.28. The first-order chi connectivity index (χ1) is 11.3. The first kappa shape index (κ1) is 18.0. The Kier molecular flexibility index (Phi) is 5.14. The van der Waals surface area contributed by atoms with Crippen molar-refractivity contribution in [2.24, 2.45) is 4.99 Å². The molecule has 2 heterocycles. The van der Waals surface area contributed by atoms with Gasteiger partial charge in [0.05, 0.1) is 29.0 Å². The van der Waals surface area contributed by atoms with Gasteiger partial charge in [-0.05, 0) is 46.5 Å². The van der Waals surface area contributed by atoms with Gasteiger partial charge in [-0.1, -0.05) is 0 Å². The Morgan fingerprint density at radius 2 is 2.04 bits per heavy atom. The molecule has 7 heteroatoms. The van der Waals surface area contributed by atoms with Crippen molar-refractivity contribution in [3.8, 4) is 0 Å². The van der Waals surface area contributed by atoms with E-state index >= 15 is 0 Å². The van der Waals surface area contributed by atoms with Crippen LogP contribution in [0.3, 0.4) is 0 Å². The maximum atomic E-state index is 11.8. The normalized spacial score (nSPS) is 34.8. The minimum atomic E-state index is -0.559. The second kappa shape index (κ2) is 6.84. The molecule has 1 amide bonds. The molecule has 0 aromatic carbocycles. The zero-order chi connectivity index (χ0) is 17.4. The molecule has 0 spiro atoms. The summed E-state index contributed by atoms with van der Waals surface area (Å²) in [5.41, 5.74) is 0.858. The molecule has 1 saturated carbocycles. The van der Waals surface area contributed by atoms with E-state index in [1.54, 1.807) is 11.8 Å². The minimum Gasteiger partial charge on any atom is -0.444 e. The standard InChI is InChI=1S/C17H29N3O3S/c1-16(2,3)23-15(21)19-12-9-20(10-12)13-4-6-17(22,7-5-13)14-8-18-11-24-14/h11-14,22H,4-10H2,1-3H3,(H,19,21). The van der Waals surface area contributed by atoms with Gasteiger partial charge >= 0.3 is 6.09 Å². The number of alkyl carbamates (subject to hydrolysis) is 1. The highest BCUT2D eigenvalue weighted by Gasteiger charge is 2.44. The van der Waals surface area contributed by atoms with Crippen LogP contribution < -0.4 is 5.32 Å². The van der Waals surface area contributed by atoms with Gasteiger partial charge in [0.1, 0.15) is 5.60 Å². The molecule has 2 fully saturated rings. The number of hydrogen-bond donors (Lipinski definition) is 2. The van der Waals surface area contributed by atoms with Crippen molar-refractivity contribution in [1.82, 2.24) is 10.2 Å². The molecule has 3 rings (SSSR count). The summed E-state index contributed by atoms with van der Waals surface area (Å²) in [4.78, 5) is 18.4. The Bertz CT molecular complexity index is 484. The summed E-state index contributed by atoms with van der Waals surface area (Å²) in [6.45, 7) is 8.12. The average molecular weight is 356 g/mol. The lowest BCUT2D eigenvalue weighted by molar-refractivity contribution is -0.0360. The lowest BCUT2D eigenvalue weighted by Crippen LogP contribution is -2.63. The Balaban J connectivity index is 1.38. The number of hydrogen-bond acceptors (Lipinski definition) is 6. The summed E-state index contributed by atoms with van der Waals surface area (Å²) >= 11 is 1.67. The van der Waals surface area contributed by atoms with Crippen molar-refractivity contribution in [3.05, 3.63) is 0 Å². The molecule has 0 radical (unpaired) electrons. The van der Waals surface area contributed by atoms with E-state index in [2.05, 4.69) is 15.2 Å². The number of amides is 1. The van der Waals surface area contributed by atoms with E-state index in [1.165, 1.54) is 0 Å². The minimum absolute atomic E-state index is 0.180. The number of carbonyl (C=O) groups is 1. The van der Waals surface area contributed by atoms with Gasteiger partial charge in [0.25, 0.3) is 0 Å². The number of aliphatic imine (C=N–C) groups is 1. The molecule has 1 saturated heterocycles. The van der Waals surface area contributed by atoms with Crippen molar-refractivity contribution in [2.75, 3.05) is 19.6 Å². The number of nitrogens with one attached hydrogen (secondary N) is 1. The van der Waals surface area contributed by atoms with E-state index in [0.29, 0.717) is 6.04 Å². The molecule has 2 N–H and O–H groups in total. The number of likely N-dealkylation sites (tertiary alicyclic amines) is 1. The van der Waals surface area contributed by atoms with Crippen LogP contribution in [0.4, 0.5) is 4.79 Å². The van der Waals surface area contributed by atoms with E-state index in [9.17, 15) is 9.90 Å². The van der Waals surface area contributed by atoms with E-state index in [0.717, 1.165) is 45.3 Å². The van der Waals surface area contributed by atoms with E-state index in [1.807, 2.05) is 26.3 Å². The van der Waals surface area contributed by atoms with Gasteiger partial charge < -0.3 is 15.2 Å². The van der Waals surface area contributed by atoms with Crippen molar-refractivity contribution in [2.45, 2.75) is 75.0 Å². The summed E-state index contributed by atoms with van der Waals surface area (Å²) in [7, 11) is 0. The Hall–Kier alpha value is -0.790. The van der Waals surface area contributed by atoms with E-state index in [-0.39, 0.29) is 17.4 Å². The largest absolute Gasteiger partial charge is 0.444 e. The van der Waals surface area contributed by atoms with Crippen LogP contribution in [0, 0.1) is 0 Å². The first-order valence-corrected chi connectivity index (χ1v) is 9.79. The van der Waals surface area contributed by atoms with Gasteiger partial charge in [-0.2, -0.15) is 0 Å². The van der Waals surface area contributed by atoms with Gasteiger partial charge in [-0.25, -0.2) is 4.79 Å². The molecule has 6 nitrogen and oxygen atoms in total. The Morgan fingerprint density at radius 1 is 1.38 bits per heavy atom. The molecule has 1 atom stereocenters. The second-order valence-electron chi connectivity index (χ2n) is 8.23. The SMILES string of the molecule is CC(C)(C)OC(=O)NC1CN(C2CCC(O)(C3CN=CS3)CC2)C1. The topological polar surface area (TPSA) is 74.2 Å². The van der Waals surface area contributed by atoms with Crippen LogP contribution in [-0.2, 0) is 4.74 Å². The molecule has 0 aromatic heterocycles. The van der Waals surface area contributed by atoms with Gasteiger partial charge in [0.15, 0.2) is 0 Å². The summed E-state index contributed by atoms with van der Waals surface area (Å²) in [6, 6.07) is 0.703. The predicted molar refractivity (Wildman–Crippen MR) is 96.7 cm³/mol. The zero-order valence-corrected chi connectivity index (χ0v) is 15.6. The maximum absolute atomic E-state index is 11.8. The highest BCUT2D eigenvalue weighted by molar-refractivity contribution is 8.13. The molecule has 136 valence electrons. The third-order valence-electron chi connectivity index (χ3n) is 5.14. The summed E-state index contributed by atoms with van der Waals surface area (Å²) < 4.78 is 5.29. The number of thioether (sulfide) groups is 1. The fourth-order valence-electron chi connectivity index (χ4n) is 3.76. The Morgan fingerprint density at radius 3 is 2.58 bits per heavy atom. The summed E-state index contributed by atoms with van der Waals surface area (Å²) in [6.07, 6.45) is 3.40. The zero-order valence-electron chi connectivity index (χ0n) is 14.8. The fraction of sp³-hybridized carbons (Fsp3) is 0.882. The molecular formula is C17H29N3O3S. The Labute approximate surface area is 148 Å². The molecule has 1 aliphatic carbocycles. The highest BCUT2D eigenvalue weighted by Crippen LogP contribution is 2.40. The van der Waals surface area contributed by atoms with Crippen molar-refractivity contribution < 1.29 is 14.6 Å². The van der Waals surface area contributed by atoms with Gasteiger partial charge in [0, 0.05) is 19.1 Å². The van der Waals surface area contributed by atoms with E-state index in [4.69, 9.17) is 4.74 Å². The van der Waals surface area contributed by atoms with Crippen molar-refractivity contribution in [3.63, 3.8) is 0 Å². The van der Waals surface area contributed by atoms with Crippen LogP contribution >= 0.6 is 11.8 Å². The third-order valence-corrected chi connectivity index (χ3v) is 6.33. The van der Waals surface area contributed by atoms with Crippen LogP contribution in [0.1, 0.15) is 46.5 Å². The number of rotatable bonds is 3. The van der Waals surface area contributed by atoms with Gasteiger partial charge in [-0.3, -0.25) is 9.89 Å². The number of ether oxygens (including phenoxy) is 1. The van der Waals surface area contributed by atoms with E-state index < -0.39 is 11.2 Å². The molecule has 24 heavy (non-hydrogen) atoms. The molecule has 2 aliphatic heterocycles.